The molecule has 0 saturated carbocycles. The van der Waals surface area contributed by atoms with Crippen LogP contribution in [0.5, 0.6) is 0 Å². The Morgan fingerprint density at radius 3 is 2.37 bits per heavy atom. The average molecular weight is 436 g/mol. The first-order valence-corrected chi connectivity index (χ1v) is 11.9. The summed E-state index contributed by atoms with van der Waals surface area (Å²) in [5, 5.41) is 10.7. The first-order chi connectivity index (χ1) is 14.3. The summed E-state index contributed by atoms with van der Waals surface area (Å²) in [4.78, 5) is 4.27. The largest absolute Gasteiger partial charge is 0.361 e. The molecule has 0 amide bonds. The number of hydrogen-bond acceptors (Lipinski definition) is 5. The van der Waals surface area contributed by atoms with Crippen molar-refractivity contribution in [3.63, 3.8) is 0 Å². The predicted molar refractivity (Wildman–Crippen MR) is 120 cm³/mol. The first-order valence-electron chi connectivity index (χ1n) is 10.3. The minimum absolute atomic E-state index is 0.0600. The summed E-state index contributed by atoms with van der Waals surface area (Å²) in [5.41, 5.74) is 3.68. The molecule has 2 aromatic rings. The van der Waals surface area contributed by atoms with E-state index in [0.717, 1.165) is 41.0 Å². The van der Waals surface area contributed by atoms with Gasteiger partial charge in [-0.1, -0.05) is 43.3 Å². The zero-order valence-electron chi connectivity index (χ0n) is 18.4. The van der Waals surface area contributed by atoms with E-state index in [0.29, 0.717) is 19.0 Å². The van der Waals surface area contributed by atoms with Crippen LogP contribution in [0.4, 0.5) is 0 Å². The summed E-state index contributed by atoms with van der Waals surface area (Å²) in [6.45, 7) is 8.72. The van der Waals surface area contributed by atoms with Gasteiger partial charge in [-0.2, -0.15) is 0 Å². The first kappa shape index (κ1) is 23.9. The highest BCUT2D eigenvalue weighted by Gasteiger charge is 2.16. The number of aryl methyl sites for hydroxylation is 2. The van der Waals surface area contributed by atoms with E-state index in [4.69, 9.17) is 4.52 Å². The zero-order chi connectivity index (χ0) is 22.1. The molecule has 0 aliphatic heterocycles. The van der Waals surface area contributed by atoms with Crippen molar-refractivity contribution >= 4 is 16.0 Å². The highest BCUT2D eigenvalue weighted by atomic mass is 32.2. The van der Waals surface area contributed by atoms with Gasteiger partial charge in [0.1, 0.15) is 5.76 Å². The monoisotopic (exact) mass is 435 g/mol. The third kappa shape index (κ3) is 6.84. The fourth-order valence-electron chi connectivity index (χ4n) is 3.19. The molecule has 1 aromatic heterocycles. The molecule has 0 saturated heterocycles. The molecule has 3 N–H and O–H groups in total. The molecule has 9 heteroatoms. The van der Waals surface area contributed by atoms with Gasteiger partial charge in [-0.15, -0.1) is 0 Å². The van der Waals surface area contributed by atoms with Crippen molar-refractivity contribution < 1.29 is 12.9 Å². The van der Waals surface area contributed by atoms with Gasteiger partial charge in [0, 0.05) is 38.2 Å². The standard InChI is InChI=1S/C21H33N5O3S/c1-6-19-18(20(7-2)29-25-19)13-24-21(22-5)23-12-16-10-8-9-11-17(16)14-30(27,28)26-15(3)4/h8-11,15,26H,6-7,12-14H2,1-5H3,(H2,22,23,24). The van der Waals surface area contributed by atoms with Gasteiger partial charge in [-0.05, 0) is 31.4 Å². The van der Waals surface area contributed by atoms with Crippen LogP contribution in [0.2, 0.25) is 0 Å². The van der Waals surface area contributed by atoms with Crippen LogP contribution in [-0.4, -0.2) is 32.6 Å². The fraction of sp³-hybridized carbons (Fsp3) is 0.524. The molecule has 1 aromatic carbocycles. The third-order valence-electron chi connectivity index (χ3n) is 4.59. The topological polar surface area (TPSA) is 109 Å². The van der Waals surface area contributed by atoms with Crippen molar-refractivity contribution in [3.8, 4) is 0 Å². The Morgan fingerprint density at radius 2 is 1.77 bits per heavy atom. The van der Waals surface area contributed by atoms with E-state index in [1.165, 1.54) is 0 Å². The molecule has 0 atom stereocenters. The minimum Gasteiger partial charge on any atom is -0.361 e. The van der Waals surface area contributed by atoms with Crippen LogP contribution in [-0.2, 0) is 41.7 Å². The number of nitrogens with zero attached hydrogens (tertiary/aromatic N) is 2. The van der Waals surface area contributed by atoms with Gasteiger partial charge >= 0.3 is 0 Å². The van der Waals surface area contributed by atoms with E-state index < -0.39 is 10.0 Å². The second kappa shape index (κ2) is 11.1. The number of benzene rings is 1. The van der Waals surface area contributed by atoms with E-state index in [1.807, 2.05) is 52.0 Å². The second-order valence-corrected chi connectivity index (χ2v) is 9.07. The molecule has 0 spiro atoms. The third-order valence-corrected chi connectivity index (χ3v) is 6.11. The number of hydrogen-bond donors (Lipinski definition) is 3. The lowest BCUT2D eigenvalue weighted by molar-refractivity contribution is 0.380. The van der Waals surface area contributed by atoms with Crippen molar-refractivity contribution in [2.45, 2.75) is 65.4 Å². The summed E-state index contributed by atoms with van der Waals surface area (Å²) in [6.07, 6.45) is 1.58. The Bertz CT molecular complexity index is 930. The van der Waals surface area contributed by atoms with E-state index in [2.05, 4.69) is 25.5 Å². The van der Waals surface area contributed by atoms with Crippen LogP contribution in [0.15, 0.2) is 33.8 Å². The normalized spacial score (nSPS) is 12.4. The smallest absolute Gasteiger partial charge is 0.216 e. The lowest BCUT2D eigenvalue weighted by atomic mass is 10.1. The molecule has 166 valence electrons. The fourth-order valence-corrected chi connectivity index (χ4v) is 4.68. The van der Waals surface area contributed by atoms with Crippen LogP contribution >= 0.6 is 0 Å². The molecule has 0 radical (unpaired) electrons. The Hall–Kier alpha value is -2.39. The highest BCUT2D eigenvalue weighted by molar-refractivity contribution is 7.88. The zero-order valence-corrected chi connectivity index (χ0v) is 19.3. The van der Waals surface area contributed by atoms with Crippen LogP contribution in [0.25, 0.3) is 0 Å². The average Bonchev–Trinajstić information content (AvgIpc) is 3.09. The van der Waals surface area contributed by atoms with Crippen LogP contribution in [0, 0.1) is 0 Å². The summed E-state index contributed by atoms with van der Waals surface area (Å²) >= 11 is 0. The molecule has 0 aliphatic carbocycles. The van der Waals surface area contributed by atoms with Crippen LogP contribution in [0.1, 0.15) is 55.8 Å². The molecule has 2 rings (SSSR count). The van der Waals surface area contributed by atoms with Crippen molar-refractivity contribution in [2.24, 2.45) is 4.99 Å². The van der Waals surface area contributed by atoms with Gasteiger partial charge in [0.05, 0.1) is 11.4 Å². The second-order valence-electron chi connectivity index (χ2n) is 7.32. The summed E-state index contributed by atoms with van der Waals surface area (Å²) < 4.78 is 32.7. The predicted octanol–water partition coefficient (Wildman–Crippen LogP) is 2.49. The van der Waals surface area contributed by atoms with E-state index in [1.54, 1.807) is 7.05 Å². The quantitative estimate of drug-likeness (QED) is 0.391. The SMILES string of the molecule is CCc1noc(CC)c1CNC(=NC)NCc1ccccc1CS(=O)(=O)NC(C)C. The van der Waals surface area contributed by atoms with Gasteiger partial charge in [0.15, 0.2) is 5.96 Å². The maximum absolute atomic E-state index is 12.3. The number of nitrogens with one attached hydrogen (secondary N) is 3. The lowest BCUT2D eigenvalue weighted by Gasteiger charge is -2.15. The maximum Gasteiger partial charge on any atom is 0.216 e. The van der Waals surface area contributed by atoms with E-state index in [9.17, 15) is 8.42 Å². The van der Waals surface area contributed by atoms with Crippen molar-refractivity contribution in [1.29, 1.82) is 0 Å². The van der Waals surface area contributed by atoms with Gasteiger partial charge < -0.3 is 15.2 Å². The molecular weight excluding hydrogens is 402 g/mol. The number of guanidine groups is 1. The molecular formula is C21H33N5O3S. The summed E-state index contributed by atoms with van der Waals surface area (Å²) in [7, 11) is -1.70. The van der Waals surface area contributed by atoms with Gasteiger partial charge in [-0.25, -0.2) is 13.1 Å². The lowest BCUT2D eigenvalue weighted by Crippen LogP contribution is -2.37. The number of aromatic nitrogens is 1. The van der Waals surface area contributed by atoms with Crippen LogP contribution in [0.3, 0.4) is 0 Å². The Morgan fingerprint density at radius 1 is 1.10 bits per heavy atom. The van der Waals surface area contributed by atoms with Crippen molar-refractivity contribution in [1.82, 2.24) is 20.5 Å². The van der Waals surface area contributed by atoms with Gasteiger partial charge in [-0.3, -0.25) is 4.99 Å². The summed E-state index contributed by atoms with van der Waals surface area (Å²) in [5.74, 6) is 1.44. The van der Waals surface area contributed by atoms with E-state index >= 15 is 0 Å². The number of rotatable bonds is 10. The van der Waals surface area contributed by atoms with Gasteiger partial charge in [0.25, 0.3) is 0 Å². The molecule has 0 bridgehead atoms. The van der Waals surface area contributed by atoms with Crippen LogP contribution < -0.4 is 15.4 Å². The Labute approximate surface area is 179 Å². The van der Waals surface area contributed by atoms with Crippen molar-refractivity contribution in [3.05, 3.63) is 52.4 Å². The molecule has 0 unspecified atom stereocenters. The minimum atomic E-state index is -3.40. The van der Waals surface area contributed by atoms with Crippen molar-refractivity contribution in [2.75, 3.05) is 7.05 Å². The maximum atomic E-state index is 12.3. The number of aliphatic imine (C=N–C) groups is 1. The van der Waals surface area contributed by atoms with Gasteiger partial charge in [0.2, 0.25) is 10.0 Å². The molecule has 30 heavy (non-hydrogen) atoms. The Kier molecular flexibility index (Phi) is 8.86. The molecule has 0 aliphatic rings. The summed E-state index contributed by atoms with van der Waals surface area (Å²) in [6, 6.07) is 7.37. The highest BCUT2D eigenvalue weighted by Crippen LogP contribution is 2.16. The van der Waals surface area contributed by atoms with E-state index in [-0.39, 0.29) is 11.8 Å². The number of sulfonamides is 1. The Balaban J connectivity index is 2.03. The molecule has 8 nitrogen and oxygen atoms in total. The molecule has 0 fully saturated rings. The molecule has 1 heterocycles.